The van der Waals surface area contributed by atoms with Gasteiger partial charge in [-0.2, -0.15) is 0 Å². The molecule has 0 aliphatic heterocycles. The molecule has 0 bridgehead atoms. The summed E-state index contributed by atoms with van der Waals surface area (Å²) < 4.78 is 5.94. The Morgan fingerprint density at radius 3 is 2.44 bits per heavy atom. The zero-order chi connectivity index (χ0) is 18.4. The number of hydrogen-bond donors (Lipinski definition) is 2. The van der Waals surface area contributed by atoms with Gasteiger partial charge < -0.3 is 15.8 Å². The number of aryl methyl sites for hydroxylation is 1. The summed E-state index contributed by atoms with van der Waals surface area (Å²) in [6, 6.07) is 13.8. The maximum Gasteiger partial charge on any atom is 0.260 e. The van der Waals surface area contributed by atoms with Crippen LogP contribution in [0.1, 0.15) is 43.4 Å². The summed E-state index contributed by atoms with van der Waals surface area (Å²) >= 11 is 0. The molecule has 2 aromatic carbocycles. The van der Waals surface area contributed by atoms with Crippen LogP contribution in [0.2, 0.25) is 0 Å². The van der Waals surface area contributed by atoms with Gasteiger partial charge in [0, 0.05) is 12.2 Å². The van der Waals surface area contributed by atoms with E-state index >= 15 is 0 Å². The molecule has 1 amide bonds. The molecule has 4 nitrogen and oxygen atoms in total. The van der Waals surface area contributed by atoms with E-state index in [-0.39, 0.29) is 5.91 Å². The summed E-state index contributed by atoms with van der Waals surface area (Å²) in [6.45, 7) is 8.62. The predicted molar refractivity (Wildman–Crippen MR) is 103 cm³/mol. The van der Waals surface area contributed by atoms with Crippen LogP contribution >= 0.6 is 0 Å². The minimum Gasteiger partial charge on any atom is -0.481 e. The highest BCUT2D eigenvalue weighted by atomic mass is 16.5. The number of hydrogen-bond acceptors (Lipinski definition) is 3. The van der Waals surface area contributed by atoms with Gasteiger partial charge in [-0.1, -0.05) is 38.1 Å². The van der Waals surface area contributed by atoms with Gasteiger partial charge >= 0.3 is 0 Å². The molecule has 2 rings (SSSR count). The Morgan fingerprint density at radius 1 is 1.12 bits per heavy atom. The van der Waals surface area contributed by atoms with E-state index in [1.165, 1.54) is 0 Å². The molecule has 4 heteroatoms. The molecule has 0 saturated heterocycles. The highest BCUT2D eigenvalue weighted by Gasteiger charge is 2.17. The van der Waals surface area contributed by atoms with E-state index in [1.54, 1.807) is 6.92 Å². The Bertz CT molecular complexity index is 708. The number of amides is 1. The topological polar surface area (TPSA) is 64.3 Å². The minimum atomic E-state index is -0.536. The number of benzene rings is 2. The van der Waals surface area contributed by atoms with Crippen LogP contribution in [0.15, 0.2) is 42.5 Å². The molecule has 0 fully saturated rings. The quantitative estimate of drug-likeness (QED) is 0.753. The zero-order valence-corrected chi connectivity index (χ0v) is 15.5. The van der Waals surface area contributed by atoms with Gasteiger partial charge in [0.15, 0.2) is 6.10 Å². The minimum absolute atomic E-state index is 0.105. The highest BCUT2D eigenvalue weighted by molar-refractivity contribution is 5.80. The molecule has 1 atom stereocenters. The van der Waals surface area contributed by atoms with Crippen molar-refractivity contribution in [2.24, 2.45) is 0 Å². The maximum absolute atomic E-state index is 12.3. The molecule has 0 spiro atoms. The Morgan fingerprint density at radius 2 is 1.80 bits per heavy atom. The predicted octanol–water partition coefficient (Wildman–Crippen LogP) is 3.83. The van der Waals surface area contributed by atoms with Crippen LogP contribution < -0.4 is 15.8 Å². The summed E-state index contributed by atoms with van der Waals surface area (Å²) in [4.78, 5) is 12.3. The summed E-state index contributed by atoms with van der Waals surface area (Å²) in [5.74, 6) is 1.03. The Hall–Kier alpha value is -2.49. The van der Waals surface area contributed by atoms with E-state index in [0.717, 1.165) is 34.5 Å². The third-order valence-electron chi connectivity index (χ3n) is 4.16. The van der Waals surface area contributed by atoms with Gasteiger partial charge in [0.05, 0.1) is 0 Å². The fraction of sp³-hybridized carbons (Fsp3) is 0.381. The first kappa shape index (κ1) is 18.8. The standard InChI is InChI=1S/C21H28N2O2/c1-14(2)19-10-5-15(3)13-20(19)25-16(4)21(24)23-12-11-17-6-8-18(22)9-7-17/h5-10,13-14,16H,11-12,22H2,1-4H3,(H,23,24). The average molecular weight is 340 g/mol. The van der Waals surface area contributed by atoms with E-state index in [1.807, 2.05) is 37.3 Å². The van der Waals surface area contributed by atoms with E-state index in [0.29, 0.717) is 12.5 Å². The lowest BCUT2D eigenvalue weighted by Gasteiger charge is -2.19. The zero-order valence-electron chi connectivity index (χ0n) is 15.5. The van der Waals surface area contributed by atoms with Crippen LogP contribution in [-0.2, 0) is 11.2 Å². The number of anilines is 1. The third-order valence-corrected chi connectivity index (χ3v) is 4.16. The fourth-order valence-electron chi connectivity index (χ4n) is 2.62. The molecule has 0 saturated carbocycles. The normalized spacial score (nSPS) is 12.0. The van der Waals surface area contributed by atoms with Gasteiger partial charge in [-0.25, -0.2) is 0 Å². The van der Waals surface area contributed by atoms with Gasteiger partial charge in [0.25, 0.3) is 5.91 Å². The van der Waals surface area contributed by atoms with Crippen molar-refractivity contribution in [2.45, 2.75) is 46.1 Å². The van der Waals surface area contributed by atoms with Crippen LogP contribution in [0, 0.1) is 6.92 Å². The van der Waals surface area contributed by atoms with E-state index in [9.17, 15) is 4.79 Å². The number of rotatable bonds is 7. The molecule has 0 heterocycles. The summed E-state index contributed by atoms with van der Waals surface area (Å²) in [6.07, 6.45) is 0.228. The molecule has 3 N–H and O–H groups in total. The van der Waals surface area contributed by atoms with Gasteiger partial charge in [0.2, 0.25) is 0 Å². The molecule has 134 valence electrons. The molecule has 2 aromatic rings. The van der Waals surface area contributed by atoms with Crippen molar-refractivity contribution < 1.29 is 9.53 Å². The lowest BCUT2D eigenvalue weighted by atomic mass is 10.0. The summed E-state index contributed by atoms with van der Waals surface area (Å²) in [7, 11) is 0. The second-order valence-corrected chi connectivity index (χ2v) is 6.74. The van der Waals surface area contributed by atoms with Crippen LogP contribution in [0.25, 0.3) is 0 Å². The number of nitrogen functional groups attached to an aromatic ring is 1. The monoisotopic (exact) mass is 340 g/mol. The number of ether oxygens (including phenoxy) is 1. The highest BCUT2D eigenvalue weighted by Crippen LogP contribution is 2.28. The molecule has 0 aliphatic carbocycles. The fourth-order valence-corrected chi connectivity index (χ4v) is 2.62. The van der Waals surface area contributed by atoms with Crippen LogP contribution in [0.3, 0.4) is 0 Å². The van der Waals surface area contributed by atoms with Gasteiger partial charge in [-0.05, 0) is 61.1 Å². The maximum atomic E-state index is 12.3. The van der Waals surface area contributed by atoms with Gasteiger partial charge in [0.1, 0.15) is 5.75 Å². The molecular weight excluding hydrogens is 312 g/mol. The summed E-state index contributed by atoms with van der Waals surface area (Å²) in [5.41, 5.74) is 9.80. The smallest absolute Gasteiger partial charge is 0.260 e. The molecule has 1 unspecified atom stereocenters. The largest absolute Gasteiger partial charge is 0.481 e. The van der Waals surface area contributed by atoms with Crippen molar-refractivity contribution in [1.82, 2.24) is 5.32 Å². The second kappa shape index (κ2) is 8.56. The average Bonchev–Trinajstić information content (AvgIpc) is 2.56. The lowest BCUT2D eigenvalue weighted by molar-refractivity contribution is -0.127. The van der Waals surface area contributed by atoms with E-state index < -0.39 is 6.10 Å². The van der Waals surface area contributed by atoms with Crippen molar-refractivity contribution in [3.8, 4) is 5.75 Å². The molecule has 0 aliphatic rings. The summed E-state index contributed by atoms with van der Waals surface area (Å²) in [5, 5.41) is 2.93. The number of nitrogens with one attached hydrogen (secondary N) is 1. The molecule has 0 aromatic heterocycles. The van der Waals surface area contributed by atoms with Crippen molar-refractivity contribution in [2.75, 3.05) is 12.3 Å². The Labute approximate surface area is 150 Å². The third kappa shape index (κ3) is 5.52. The van der Waals surface area contributed by atoms with Gasteiger partial charge in [-0.3, -0.25) is 4.79 Å². The molecule has 0 radical (unpaired) electrons. The first-order valence-corrected chi connectivity index (χ1v) is 8.76. The number of nitrogens with two attached hydrogens (primary N) is 1. The van der Waals surface area contributed by atoms with Crippen LogP contribution in [-0.4, -0.2) is 18.6 Å². The Kier molecular flexibility index (Phi) is 6.45. The van der Waals surface area contributed by atoms with E-state index in [4.69, 9.17) is 10.5 Å². The van der Waals surface area contributed by atoms with Crippen molar-refractivity contribution in [3.05, 3.63) is 59.2 Å². The van der Waals surface area contributed by atoms with Crippen LogP contribution in [0.5, 0.6) is 5.75 Å². The van der Waals surface area contributed by atoms with Gasteiger partial charge in [-0.15, -0.1) is 0 Å². The second-order valence-electron chi connectivity index (χ2n) is 6.74. The Balaban J connectivity index is 1.90. The number of carbonyl (C=O) groups excluding carboxylic acids is 1. The SMILES string of the molecule is Cc1ccc(C(C)C)c(OC(C)C(=O)NCCc2ccc(N)cc2)c1. The first-order valence-electron chi connectivity index (χ1n) is 8.76. The van der Waals surface area contributed by atoms with Crippen molar-refractivity contribution >= 4 is 11.6 Å². The van der Waals surface area contributed by atoms with Crippen molar-refractivity contribution in [1.29, 1.82) is 0 Å². The molecule has 25 heavy (non-hydrogen) atoms. The van der Waals surface area contributed by atoms with E-state index in [2.05, 4.69) is 31.3 Å². The van der Waals surface area contributed by atoms with Crippen molar-refractivity contribution in [3.63, 3.8) is 0 Å². The first-order chi connectivity index (χ1) is 11.9. The lowest BCUT2D eigenvalue weighted by Crippen LogP contribution is -2.37. The number of carbonyl (C=O) groups is 1. The molecular formula is C21H28N2O2. The van der Waals surface area contributed by atoms with Crippen LogP contribution in [0.4, 0.5) is 5.69 Å².